The Labute approximate surface area is 84.6 Å². The van der Waals surface area contributed by atoms with Gasteiger partial charge in [-0.25, -0.2) is 14.6 Å². The zero-order valence-corrected chi connectivity index (χ0v) is 8.18. The van der Waals surface area contributed by atoms with Gasteiger partial charge in [-0.2, -0.15) is 0 Å². The van der Waals surface area contributed by atoms with E-state index in [0.717, 1.165) is 4.70 Å². The summed E-state index contributed by atoms with van der Waals surface area (Å²) in [6.45, 7) is 0. The van der Waals surface area contributed by atoms with Gasteiger partial charge in [0.1, 0.15) is 5.56 Å². The first-order chi connectivity index (χ1) is 6.61. The fraction of sp³-hybridized carbons (Fsp3) is 0. The van der Waals surface area contributed by atoms with E-state index in [1.165, 1.54) is 26.9 Å². The summed E-state index contributed by atoms with van der Waals surface area (Å²) < 4.78 is 1.22. The van der Waals surface area contributed by atoms with Crippen LogP contribution in [0.2, 0.25) is 0 Å². The number of hydrogen-bond donors (Lipinski definition) is 2. The van der Waals surface area contributed by atoms with Crippen molar-refractivity contribution in [3.8, 4) is 0 Å². The number of hydrogen-bond acceptors (Lipinski definition) is 5. The van der Waals surface area contributed by atoms with E-state index in [4.69, 9.17) is 10.2 Å². The Morgan fingerprint density at radius 3 is 2.36 bits per heavy atom. The van der Waals surface area contributed by atoms with Gasteiger partial charge in [0.2, 0.25) is 0 Å². The highest BCUT2D eigenvalue weighted by Gasteiger charge is 2.22. The molecular formula is C7H3NO4S2. The summed E-state index contributed by atoms with van der Waals surface area (Å²) in [4.78, 5) is 25.1. The molecule has 0 aliphatic carbocycles. The first-order valence-electron chi connectivity index (χ1n) is 3.45. The number of carbonyl (C=O) groups is 2. The minimum absolute atomic E-state index is 0.209. The van der Waals surface area contributed by atoms with Gasteiger partial charge in [-0.3, -0.25) is 0 Å². The van der Waals surface area contributed by atoms with E-state index in [2.05, 4.69) is 4.98 Å². The third kappa shape index (κ3) is 1.17. The molecular weight excluding hydrogens is 226 g/mol. The summed E-state index contributed by atoms with van der Waals surface area (Å²) in [5.74, 6) is -2.57. The van der Waals surface area contributed by atoms with Crippen molar-refractivity contribution in [3.63, 3.8) is 0 Å². The average Bonchev–Trinajstić information content (AvgIpc) is 2.05. The van der Waals surface area contributed by atoms with Crippen molar-refractivity contribution in [2.24, 2.45) is 0 Å². The molecule has 2 aromatic rings. The van der Waals surface area contributed by atoms with Gasteiger partial charge in [-0.1, -0.05) is 20.7 Å². The van der Waals surface area contributed by atoms with Crippen LogP contribution in [0.1, 0.15) is 20.8 Å². The molecule has 2 N–H and O–H groups in total. The van der Waals surface area contributed by atoms with Gasteiger partial charge in [-0.05, 0) is 0 Å². The first kappa shape index (κ1) is 9.10. The van der Waals surface area contributed by atoms with Crippen LogP contribution < -0.4 is 0 Å². The van der Waals surface area contributed by atoms with Crippen LogP contribution in [-0.4, -0.2) is 27.1 Å². The van der Waals surface area contributed by atoms with Crippen molar-refractivity contribution in [2.45, 2.75) is 0 Å². The fourth-order valence-corrected chi connectivity index (χ4v) is 2.98. The molecule has 0 aliphatic heterocycles. The van der Waals surface area contributed by atoms with Gasteiger partial charge < -0.3 is 10.2 Å². The Morgan fingerprint density at radius 1 is 1.21 bits per heavy atom. The molecule has 14 heavy (non-hydrogen) atoms. The molecule has 0 saturated heterocycles. The molecule has 0 aliphatic rings. The van der Waals surface area contributed by atoms with Crippen LogP contribution in [0.25, 0.3) is 9.40 Å². The second kappa shape index (κ2) is 3.03. The molecule has 0 saturated carbocycles. The van der Waals surface area contributed by atoms with Crippen LogP contribution in [-0.2, 0) is 0 Å². The molecule has 0 unspecified atom stereocenters. The molecule has 2 rings (SSSR count). The van der Waals surface area contributed by atoms with Crippen LogP contribution in [0.5, 0.6) is 0 Å². The van der Waals surface area contributed by atoms with E-state index in [-0.39, 0.29) is 5.56 Å². The molecule has 0 aromatic carbocycles. The normalized spacial score (nSPS) is 10.6. The maximum Gasteiger partial charge on any atom is 0.355 e. The summed E-state index contributed by atoms with van der Waals surface area (Å²) in [6, 6.07) is 0. The molecule has 0 atom stereocenters. The predicted molar refractivity (Wildman–Crippen MR) is 51.4 cm³/mol. The molecule has 0 amide bonds. The Bertz CT molecular complexity index is 527. The number of pyridine rings is 1. The quantitative estimate of drug-likeness (QED) is 0.766. The van der Waals surface area contributed by atoms with Gasteiger partial charge in [0.05, 0.1) is 9.40 Å². The minimum Gasteiger partial charge on any atom is -0.478 e. The third-order valence-corrected chi connectivity index (χ3v) is 4.21. The summed E-state index contributed by atoms with van der Waals surface area (Å²) in [7, 11) is 2.63. The zero-order chi connectivity index (χ0) is 10.3. The van der Waals surface area contributed by atoms with Gasteiger partial charge >= 0.3 is 11.9 Å². The van der Waals surface area contributed by atoms with Crippen LogP contribution in [0, 0.1) is 0 Å². The van der Waals surface area contributed by atoms with Crippen LogP contribution in [0.15, 0.2) is 6.20 Å². The van der Waals surface area contributed by atoms with Crippen LogP contribution in [0.4, 0.5) is 0 Å². The molecule has 0 fully saturated rings. The molecule has 0 radical (unpaired) electrons. The van der Waals surface area contributed by atoms with Gasteiger partial charge in [0.15, 0.2) is 5.69 Å². The maximum atomic E-state index is 10.8. The Kier molecular flexibility index (Phi) is 1.97. The molecule has 2 heterocycles. The maximum absolute atomic E-state index is 10.8. The van der Waals surface area contributed by atoms with Crippen molar-refractivity contribution in [2.75, 3.05) is 0 Å². The smallest absolute Gasteiger partial charge is 0.355 e. The number of nitrogens with zero attached hydrogens (tertiary/aromatic N) is 1. The average molecular weight is 229 g/mol. The van der Waals surface area contributed by atoms with Gasteiger partial charge in [0, 0.05) is 6.20 Å². The van der Waals surface area contributed by atoms with Crippen LogP contribution in [0.3, 0.4) is 0 Å². The SMILES string of the molecule is O=C(O)c1ncc2ssc2c1C(=O)O. The lowest BCUT2D eigenvalue weighted by Gasteiger charge is -2.05. The lowest BCUT2D eigenvalue weighted by molar-refractivity contribution is 0.0648. The van der Waals surface area contributed by atoms with E-state index in [0.29, 0.717) is 4.70 Å². The predicted octanol–water partition coefficient (Wildman–Crippen LogP) is 1.75. The van der Waals surface area contributed by atoms with E-state index >= 15 is 0 Å². The summed E-state index contributed by atoms with van der Waals surface area (Å²) in [6.07, 6.45) is 1.38. The van der Waals surface area contributed by atoms with E-state index in [1.807, 2.05) is 0 Å². The third-order valence-electron chi connectivity index (χ3n) is 1.63. The summed E-state index contributed by atoms with van der Waals surface area (Å²) in [5, 5.41) is 17.5. The first-order valence-corrected chi connectivity index (χ1v) is 5.60. The summed E-state index contributed by atoms with van der Waals surface area (Å²) in [5.41, 5.74) is -0.609. The topological polar surface area (TPSA) is 87.5 Å². The number of aromatic carboxylic acids is 2. The molecule has 0 bridgehead atoms. The number of carboxylic acids is 2. The second-order valence-corrected chi connectivity index (χ2v) is 4.63. The highest BCUT2D eigenvalue weighted by molar-refractivity contribution is 7.78. The number of aromatic nitrogens is 1. The molecule has 72 valence electrons. The number of carboxylic acid groups (broad SMARTS) is 2. The van der Waals surface area contributed by atoms with Crippen molar-refractivity contribution in [1.82, 2.24) is 4.98 Å². The molecule has 2 aromatic heterocycles. The molecule has 0 spiro atoms. The van der Waals surface area contributed by atoms with Crippen molar-refractivity contribution < 1.29 is 19.8 Å². The minimum atomic E-state index is -1.32. The summed E-state index contributed by atoms with van der Waals surface area (Å²) >= 11 is 0. The second-order valence-electron chi connectivity index (χ2n) is 2.45. The van der Waals surface area contributed by atoms with Gasteiger partial charge in [-0.15, -0.1) is 0 Å². The fourth-order valence-electron chi connectivity index (χ4n) is 1.03. The standard InChI is InChI=1S/C7H3NO4S2/c9-6(10)3-4(7(11)12)8-1-2-5(3)14-13-2/h1H,(H,9,10)(H,11,12). The highest BCUT2D eigenvalue weighted by atomic mass is 32.9. The molecule has 7 heteroatoms. The zero-order valence-electron chi connectivity index (χ0n) is 6.55. The molecule has 5 nitrogen and oxygen atoms in total. The van der Waals surface area contributed by atoms with E-state index in [1.54, 1.807) is 0 Å². The Balaban J connectivity index is 2.77. The highest BCUT2D eigenvalue weighted by Crippen LogP contribution is 2.35. The Hall–Kier alpha value is -1.47. The number of fused-ring (bicyclic) bond motifs is 1. The van der Waals surface area contributed by atoms with Crippen molar-refractivity contribution >= 4 is 42.0 Å². The lowest BCUT2D eigenvalue weighted by atomic mass is 10.2. The van der Waals surface area contributed by atoms with Crippen molar-refractivity contribution in [3.05, 3.63) is 17.5 Å². The Morgan fingerprint density at radius 2 is 1.93 bits per heavy atom. The van der Waals surface area contributed by atoms with E-state index in [9.17, 15) is 9.59 Å². The monoisotopic (exact) mass is 229 g/mol. The van der Waals surface area contributed by atoms with Crippen LogP contribution >= 0.6 is 20.7 Å². The van der Waals surface area contributed by atoms with Gasteiger partial charge in [0.25, 0.3) is 0 Å². The van der Waals surface area contributed by atoms with Crippen molar-refractivity contribution in [1.29, 1.82) is 0 Å². The lowest BCUT2D eigenvalue weighted by Crippen LogP contribution is -2.10. The number of rotatable bonds is 2. The van der Waals surface area contributed by atoms with E-state index < -0.39 is 17.6 Å². The largest absolute Gasteiger partial charge is 0.478 e.